The fraction of sp³-hybridized carbons (Fsp3) is 0.333. The van der Waals surface area contributed by atoms with E-state index in [-0.39, 0.29) is 29.6 Å². The summed E-state index contributed by atoms with van der Waals surface area (Å²) in [5.41, 5.74) is 1.37. The van der Waals surface area contributed by atoms with Gasteiger partial charge in [0, 0.05) is 19.0 Å². The van der Waals surface area contributed by atoms with Crippen molar-refractivity contribution in [1.29, 1.82) is 0 Å². The highest BCUT2D eigenvalue weighted by molar-refractivity contribution is 6.32. The summed E-state index contributed by atoms with van der Waals surface area (Å²) < 4.78 is 25.1. The molecule has 8 heteroatoms. The summed E-state index contributed by atoms with van der Waals surface area (Å²) in [7, 11) is 0. The summed E-state index contributed by atoms with van der Waals surface area (Å²) in [5, 5.41) is 2.90. The molecule has 0 aliphatic carbocycles. The van der Waals surface area contributed by atoms with Crippen molar-refractivity contribution in [3.63, 3.8) is 0 Å². The number of nitrogens with zero attached hydrogens (tertiary/aromatic N) is 1. The molecular weight excluding hydrogens is 435 g/mol. The van der Waals surface area contributed by atoms with E-state index in [1.807, 2.05) is 19.1 Å². The number of nitrogens with one attached hydrogen (secondary N) is 1. The Labute approximate surface area is 192 Å². The van der Waals surface area contributed by atoms with Crippen molar-refractivity contribution in [3.8, 4) is 11.5 Å². The quantitative estimate of drug-likeness (QED) is 0.594. The van der Waals surface area contributed by atoms with Crippen molar-refractivity contribution in [2.24, 2.45) is 0 Å². The highest BCUT2D eigenvalue weighted by Crippen LogP contribution is 2.43. The molecule has 1 atom stereocenters. The number of benzene rings is 2. The van der Waals surface area contributed by atoms with Gasteiger partial charge in [0.05, 0.1) is 10.7 Å². The average Bonchev–Trinajstić information content (AvgIpc) is 2.68. The van der Waals surface area contributed by atoms with Gasteiger partial charge in [-0.05, 0) is 51.0 Å². The molecule has 2 aromatic carbocycles. The van der Waals surface area contributed by atoms with Crippen LogP contribution in [0.3, 0.4) is 0 Å². The van der Waals surface area contributed by atoms with Gasteiger partial charge in [0.25, 0.3) is 0 Å². The van der Waals surface area contributed by atoms with Crippen LogP contribution in [0, 0.1) is 12.7 Å². The fourth-order valence-corrected chi connectivity index (χ4v) is 3.60. The number of aryl methyl sites for hydroxylation is 1. The van der Waals surface area contributed by atoms with Crippen molar-refractivity contribution in [1.82, 2.24) is 5.32 Å². The summed E-state index contributed by atoms with van der Waals surface area (Å²) in [6.45, 7) is 11.0. The molecule has 6 nitrogen and oxygen atoms in total. The second-order valence-corrected chi connectivity index (χ2v) is 8.94. The molecule has 0 fully saturated rings. The van der Waals surface area contributed by atoms with Crippen LogP contribution in [0.4, 0.5) is 14.9 Å². The third kappa shape index (κ3) is 5.22. The second-order valence-electron chi connectivity index (χ2n) is 8.54. The Morgan fingerprint density at radius 3 is 2.72 bits per heavy atom. The normalized spacial score (nSPS) is 15.8. The van der Waals surface area contributed by atoms with Crippen molar-refractivity contribution < 1.29 is 23.5 Å². The standard InChI is InChI=1S/C24H26ClFN2O4/c1-6-11-28-20-15(12-18(22(28)29)27-23(30)32-24(3,4)5)8-7-14(2)21(20)31-19-13-16(26)9-10-17(19)25/h6-10,13,18H,1,11-12H2,2-5H3,(H,27,30)/t18-/m1/s1. The van der Waals surface area contributed by atoms with Crippen LogP contribution in [-0.2, 0) is 16.0 Å². The fourth-order valence-electron chi connectivity index (χ4n) is 3.45. The minimum absolute atomic E-state index is 0.142. The Bertz CT molecular complexity index is 1060. The molecule has 32 heavy (non-hydrogen) atoms. The topological polar surface area (TPSA) is 67.9 Å². The van der Waals surface area contributed by atoms with E-state index in [1.54, 1.807) is 26.8 Å². The number of hydrogen-bond donors (Lipinski definition) is 1. The van der Waals surface area contributed by atoms with E-state index >= 15 is 0 Å². The van der Waals surface area contributed by atoms with Gasteiger partial charge < -0.3 is 19.7 Å². The predicted molar refractivity (Wildman–Crippen MR) is 122 cm³/mol. The molecule has 1 aliphatic rings. The summed E-state index contributed by atoms with van der Waals surface area (Å²) >= 11 is 6.19. The minimum Gasteiger partial charge on any atom is -0.453 e. The lowest BCUT2D eigenvalue weighted by molar-refractivity contribution is -0.120. The molecule has 0 saturated heterocycles. The van der Waals surface area contributed by atoms with E-state index in [0.29, 0.717) is 11.4 Å². The third-order valence-electron chi connectivity index (χ3n) is 4.78. The Kier molecular flexibility index (Phi) is 6.79. The van der Waals surface area contributed by atoms with Crippen LogP contribution in [0.5, 0.6) is 11.5 Å². The molecule has 1 aliphatic heterocycles. The van der Waals surface area contributed by atoms with E-state index in [2.05, 4.69) is 11.9 Å². The first kappa shape index (κ1) is 23.6. The molecule has 3 rings (SSSR count). The van der Waals surface area contributed by atoms with Gasteiger partial charge in [-0.2, -0.15) is 0 Å². The first-order chi connectivity index (χ1) is 15.0. The van der Waals surface area contributed by atoms with Crippen molar-refractivity contribution in [2.45, 2.75) is 45.8 Å². The number of ether oxygens (including phenoxy) is 2. The minimum atomic E-state index is -0.814. The van der Waals surface area contributed by atoms with Gasteiger partial charge in [0.15, 0.2) is 5.75 Å². The van der Waals surface area contributed by atoms with Crippen LogP contribution in [0.25, 0.3) is 0 Å². The zero-order chi connectivity index (χ0) is 23.6. The van der Waals surface area contributed by atoms with Gasteiger partial charge in [-0.15, -0.1) is 6.58 Å². The Hall–Kier alpha value is -3.06. The molecule has 1 heterocycles. The SMILES string of the molecule is C=CCN1C(=O)[C@H](NC(=O)OC(C)(C)C)Cc2ccc(C)c(Oc3cc(F)ccc3Cl)c21. The Morgan fingerprint density at radius 2 is 2.06 bits per heavy atom. The summed E-state index contributed by atoms with van der Waals surface area (Å²) in [6.07, 6.45) is 1.15. The number of anilines is 1. The number of hydrogen-bond acceptors (Lipinski definition) is 4. The maximum absolute atomic E-state index is 13.8. The number of alkyl carbamates (subject to hydrolysis) is 1. The molecule has 170 valence electrons. The molecule has 0 spiro atoms. The first-order valence-electron chi connectivity index (χ1n) is 10.2. The maximum Gasteiger partial charge on any atom is 0.408 e. The maximum atomic E-state index is 13.8. The highest BCUT2D eigenvalue weighted by atomic mass is 35.5. The zero-order valence-corrected chi connectivity index (χ0v) is 19.3. The van der Waals surface area contributed by atoms with E-state index in [0.717, 1.165) is 11.1 Å². The molecule has 0 saturated carbocycles. The zero-order valence-electron chi connectivity index (χ0n) is 18.5. The van der Waals surface area contributed by atoms with Crippen LogP contribution in [-0.4, -0.2) is 30.2 Å². The average molecular weight is 461 g/mol. The molecule has 0 bridgehead atoms. The van der Waals surface area contributed by atoms with E-state index in [4.69, 9.17) is 21.1 Å². The van der Waals surface area contributed by atoms with Crippen LogP contribution in [0.1, 0.15) is 31.9 Å². The number of carbonyl (C=O) groups is 2. The number of halogens is 2. The molecule has 0 unspecified atom stereocenters. The second kappa shape index (κ2) is 9.20. The van der Waals surface area contributed by atoms with Gasteiger partial charge >= 0.3 is 6.09 Å². The van der Waals surface area contributed by atoms with Crippen LogP contribution in [0.15, 0.2) is 43.0 Å². The first-order valence-corrected chi connectivity index (χ1v) is 10.5. The molecule has 2 amide bonds. The van der Waals surface area contributed by atoms with Crippen LogP contribution < -0.4 is 15.0 Å². The molecule has 2 aromatic rings. The number of amides is 2. The smallest absolute Gasteiger partial charge is 0.408 e. The van der Waals surface area contributed by atoms with Gasteiger partial charge in [-0.3, -0.25) is 4.79 Å². The van der Waals surface area contributed by atoms with Gasteiger partial charge in [-0.25, -0.2) is 9.18 Å². The molecule has 0 aromatic heterocycles. The van der Waals surface area contributed by atoms with Gasteiger partial charge in [0.1, 0.15) is 23.2 Å². The van der Waals surface area contributed by atoms with Crippen molar-refractivity contribution >= 4 is 29.3 Å². The summed E-state index contributed by atoms with van der Waals surface area (Å²) in [4.78, 5) is 27.1. The monoisotopic (exact) mass is 460 g/mol. The van der Waals surface area contributed by atoms with E-state index < -0.39 is 23.6 Å². The molecular formula is C24H26ClFN2O4. The lowest BCUT2D eigenvalue weighted by Crippen LogP contribution is -2.53. The summed E-state index contributed by atoms with van der Waals surface area (Å²) in [5.74, 6) is -0.291. The largest absolute Gasteiger partial charge is 0.453 e. The van der Waals surface area contributed by atoms with E-state index in [1.165, 1.54) is 23.1 Å². The Balaban J connectivity index is 2.00. The Morgan fingerprint density at radius 1 is 1.34 bits per heavy atom. The van der Waals surface area contributed by atoms with Crippen molar-refractivity contribution in [2.75, 3.05) is 11.4 Å². The number of carbonyl (C=O) groups excluding carboxylic acids is 2. The molecule has 1 N–H and O–H groups in total. The highest BCUT2D eigenvalue weighted by Gasteiger charge is 2.37. The van der Waals surface area contributed by atoms with Gasteiger partial charge in [-0.1, -0.05) is 29.8 Å². The predicted octanol–water partition coefficient (Wildman–Crippen LogP) is 5.55. The van der Waals surface area contributed by atoms with E-state index in [9.17, 15) is 14.0 Å². The summed E-state index contributed by atoms with van der Waals surface area (Å²) in [6, 6.07) is 6.74. The third-order valence-corrected chi connectivity index (χ3v) is 5.09. The number of fused-ring (bicyclic) bond motifs is 1. The van der Waals surface area contributed by atoms with Crippen LogP contribution >= 0.6 is 11.6 Å². The lowest BCUT2D eigenvalue weighted by atomic mass is 9.94. The van der Waals surface area contributed by atoms with Crippen molar-refractivity contribution in [3.05, 3.63) is 65.0 Å². The molecule has 0 radical (unpaired) electrons. The number of rotatable bonds is 5. The lowest BCUT2D eigenvalue weighted by Gasteiger charge is -2.35. The van der Waals surface area contributed by atoms with Gasteiger partial charge in [0.2, 0.25) is 5.91 Å². The van der Waals surface area contributed by atoms with Crippen LogP contribution in [0.2, 0.25) is 5.02 Å².